The number of sulfonamides is 1. The minimum absolute atomic E-state index is 0.0152. The molecule has 1 saturated heterocycles. The van der Waals surface area contributed by atoms with Gasteiger partial charge in [0, 0.05) is 25.9 Å². The third-order valence-electron chi connectivity index (χ3n) is 7.12. The van der Waals surface area contributed by atoms with Gasteiger partial charge >= 0.3 is 0 Å². The highest BCUT2D eigenvalue weighted by Gasteiger charge is 2.38. The van der Waals surface area contributed by atoms with E-state index in [0.717, 1.165) is 5.56 Å². The average molecular weight is 584 g/mol. The first-order valence-corrected chi connectivity index (χ1v) is 14.4. The van der Waals surface area contributed by atoms with Crippen LogP contribution in [0.2, 0.25) is 0 Å². The SMILES string of the molecule is COc1cccc(OC)c1-n1c(NS(=O)(=O)[C@H]2C[C@H](c3ccc(F)cc3)CN(C(C)=O)C2)nnc1-c1ccc(C)o1. The molecule has 0 saturated carbocycles. The van der Waals surface area contributed by atoms with Crippen molar-refractivity contribution in [3.8, 4) is 28.8 Å². The highest BCUT2D eigenvalue weighted by atomic mass is 32.2. The van der Waals surface area contributed by atoms with Gasteiger partial charge in [-0.2, -0.15) is 0 Å². The number of aromatic nitrogens is 3. The summed E-state index contributed by atoms with van der Waals surface area (Å²) in [5.41, 5.74) is 1.11. The van der Waals surface area contributed by atoms with Gasteiger partial charge in [-0.3, -0.25) is 14.1 Å². The molecule has 1 fully saturated rings. The molecule has 1 amide bonds. The van der Waals surface area contributed by atoms with E-state index in [-0.39, 0.29) is 36.6 Å². The second-order valence-electron chi connectivity index (χ2n) is 9.78. The van der Waals surface area contributed by atoms with Crippen molar-refractivity contribution in [3.63, 3.8) is 0 Å². The summed E-state index contributed by atoms with van der Waals surface area (Å²) in [5, 5.41) is 7.44. The molecule has 1 aliphatic heterocycles. The minimum Gasteiger partial charge on any atom is -0.494 e. The second kappa shape index (κ2) is 11.2. The Morgan fingerprint density at radius 1 is 1.02 bits per heavy atom. The van der Waals surface area contributed by atoms with Crippen molar-refractivity contribution in [2.24, 2.45) is 0 Å². The van der Waals surface area contributed by atoms with Crippen molar-refractivity contribution >= 4 is 21.9 Å². The lowest BCUT2D eigenvalue weighted by molar-refractivity contribution is -0.129. The summed E-state index contributed by atoms with van der Waals surface area (Å²) in [6.07, 6.45) is 0.209. The molecule has 41 heavy (non-hydrogen) atoms. The first-order valence-electron chi connectivity index (χ1n) is 12.9. The molecule has 1 aliphatic rings. The van der Waals surface area contributed by atoms with Crippen LogP contribution >= 0.6 is 0 Å². The molecule has 11 nitrogen and oxygen atoms in total. The van der Waals surface area contributed by atoms with Crippen LogP contribution in [0.5, 0.6) is 11.5 Å². The van der Waals surface area contributed by atoms with E-state index in [1.165, 1.54) is 42.7 Å². The lowest BCUT2D eigenvalue weighted by Gasteiger charge is -2.37. The van der Waals surface area contributed by atoms with Crippen molar-refractivity contribution in [3.05, 3.63) is 71.7 Å². The molecule has 2 aromatic heterocycles. The topological polar surface area (TPSA) is 129 Å². The highest BCUT2D eigenvalue weighted by Crippen LogP contribution is 2.39. The van der Waals surface area contributed by atoms with E-state index < -0.39 is 21.1 Å². The van der Waals surface area contributed by atoms with Crippen LogP contribution in [-0.4, -0.2) is 66.5 Å². The number of halogens is 1. The summed E-state index contributed by atoms with van der Waals surface area (Å²) >= 11 is 0. The number of likely N-dealkylation sites (tertiary alicyclic amines) is 1. The van der Waals surface area contributed by atoms with Gasteiger partial charge in [-0.15, -0.1) is 10.2 Å². The molecular formula is C28H30FN5O6S. The van der Waals surface area contributed by atoms with Crippen LogP contribution in [-0.2, 0) is 14.8 Å². The van der Waals surface area contributed by atoms with Crippen LogP contribution in [0.1, 0.15) is 30.6 Å². The van der Waals surface area contributed by atoms with E-state index >= 15 is 0 Å². The fourth-order valence-corrected chi connectivity index (χ4v) is 6.47. The summed E-state index contributed by atoms with van der Waals surface area (Å²) in [4.78, 5) is 13.9. The number of nitrogens with zero attached hydrogens (tertiary/aromatic N) is 4. The van der Waals surface area contributed by atoms with Gasteiger partial charge in [0.1, 0.15) is 28.8 Å². The monoisotopic (exact) mass is 583 g/mol. The van der Waals surface area contributed by atoms with Crippen LogP contribution in [0, 0.1) is 12.7 Å². The van der Waals surface area contributed by atoms with Crippen molar-refractivity contribution in [1.82, 2.24) is 19.7 Å². The van der Waals surface area contributed by atoms with Crippen molar-refractivity contribution < 1.29 is 31.5 Å². The minimum atomic E-state index is -4.14. The number of amides is 1. The number of hydrogen-bond acceptors (Lipinski definition) is 8. The zero-order valence-corrected chi connectivity index (χ0v) is 23.8. The number of benzene rings is 2. The normalized spacial score (nSPS) is 17.3. The predicted molar refractivity (Wildman–Crippen MR) is 149 cm³/mol. The molecule has 1 N–H and O–H groups in total. The largest absolute Gasteiger partial charge is 0.494 e. The summed E-state index contributed by atoms with van der Waals surface area (Å²) in [6, 6.07) is 14.5. The Hall–Kier alpha value is -4.39. The number of carbonyl (C=O) groups is 1. The number of anilines is 1. The maximum absolute atomic E-state index is 13.9. The number of furan rings is 1. The quantitative estimate of drug-likeness (QED) is 0.328. The van der Waals surface area contributed by atoms with E-state index in [2.05, 4.69) is 14.9 Å². The molecule has 0 aliphatic carbocycles. The number of methoxy groups -OCH3 is 2. The summed E-state index contributed by atoms with van der Waals surface area (Å²) in [7, 11) is -1.17. The highest BCUT2D eigenvalue weighted by molar-refractivity contribution is 7.93. The molecule has 0 unspecified atom stereocenters. The summed E-state index contributed by atoms with van der Waals surface area (Å²) < 4.78 is 62.5. The number of rotatable bonds is 8. The number of carbonyl (C=O) groups excluding carboxylic acids is 1. The standard InChI is InChI=1S/C28H30FN5O6S/c1-17-8-13-25(40-17)27-30-31-28(34(27)26-23(38-3)6-5-7-24(26)39-4)32-41(36,37)22-14-20(15-33(16-22)18(2)35)19-9-11-21(29)12-10-19/h5-13,20,22H,14-16H2,1-4H3,(H,31,32)/t20-,22-/m0/s1. The molecule has 0 bridgehead atoms. The molecular weight excluding hydrogens is 553 g/mol. The van der Waals surface area contributed by atoms with E-state index in [9.17, 15) is 17.6 Å². The number of nitrogens with one attached hydrogen (secondary N) is 1. The molecule has 0 spiro atoms. The van der Waals surface area contributed by atoms with Gasteiger partial charge in [0.2, 0.25) is 27.7 Å². The number of ether oxygens (including phenoxy) is 2. The van der Waals surface area contributed by atoms with E-state index in [4.69, 9.17) is 13.9 Å². The third-order valence-corrected chi connectivity index (χ3v) is 8.81. The number of para-hydroxylation sites is 1. The van der Waals surface area contributed by atoms with Gasteiger partial charge in [-0.1, -0.05) is 18.2 Å². The van der Waals surface area contributed by atoms with E-state index in [0.29, 0.717) is 35.3 Å². The number of piperidine rings is 1. The van der Waals surface area contributed by atoms with Crippen molar-refractivity contribution in [2.45, 2.75) is 31.4 Å². The molecule has 2 atom stereocenters. The van der Waals surface area contributed by atoms with Gasteiger partial charge in [0.25, 0.3) is 0 Å². The smallest absolute Gasteiger partial charge is 0.243 e. The van der Waals surface area contributed by atoms with Crippen LogP contribution in [0.4, 0.5) is 10.3 Å². The summed E-state index contributed by atoms with van der Waals surface area (Å²) in [5.74, 6) is 0.876. The van der Waals surface area contributed by atoms with Gasteiger partial charge < -0.3 is 18.8 Å². The molecule has 3 heterocycles. The van der Waals surface area contributed by atoms with Crippen molar-refractivity contribution in [2.75, 3.05) is 32.0 Å². The van der Waals surface area contributed by atoms with E-state index in [1.807, 2.05) is 0 Å². The third kappa shape index (κ3) is 5.62. The Bertz CT molecular complexity index is 1650. The molecule has 216 valence electrons. The first kappa shape index (κ1) is 28.1. The number of aryl methyl sites for hydroxylation is 1. The molecule has 2 aromatic carbocycles. The average Bonchev–Trinajstić information content (AvgIpc) is 3.57. The molecule has 13 heteroatoms. The van der Waals surface area contributed by atoms with Gasteiger partial charge in [-0.05, 0) is 55.3 Å². The Morgan fingerprint density at radius 3 is 2.29 bits per heavy atom. The van der Waals surface area contributed by atoms with Crippen LogP contribution in [0.25, 0.3) is 17.3 Å². The van der Waals surface area contributed by atoms with Crippen molar-refractivity contribution in [1.29, 1.82) is 0 Å². The lowest BCUT2D eigenvalue weighted by Crippen LogP contribution is -2.48. The lowest BCUT2D eigenvalue weighted by atomic mass is 9.90. The zero-order valence-electron chi connectivity index (χ0n) is 23.0. The molecule has 4 aromatic rings. The maximum atomic E-state index is 13.9. The second-order valence-corrected chi connectivity index (χ2v) is 11.7. The zero-order chi connectivity index (χ0) is 29.3. The van der Waals surface area contributed by atoms with Crippen LogP contribution in [0.3, 0.4) is 0 Å². The first-order chi connectivity index (χ1) is 19.6. The Morgan fingerprint density at radius 2 is 1.71 bits per heavy atom. The number of hydrogen-bond donors (Lipinski definition) is 1. The Labute approximate surface area is 236 Å². The fraction of sp³-hybridized carbons (Fsp3) is 0.321. The van der Waals surface area contributed by atoms with E-state index in [1.54, 1.807) is 49.4 Å². The molecule has 0 radical (unpaired) electrons. The van der Waals surface area contributed by atoms with Gasteiger partial charge in [0.05, 0.1) is 19.5 Å². The Kier molecular flexibility index (Phi) is 7.72. The van der Waals surface area contributed by atoms with Crippen LogP contribution < -0.4 is 14.2 Å². The van der Waals surface area contributed by atoms with Crippen LogP contribution in [0.15, 0.2) is 59.0 Å². The predicted octanol–water partition coefficient (Wildman–Crippen LogP) is 4.14. The van der Waals surface area contributed by atoms with Gasteiger partial charge in [0.15, 0.2) is 5.76 Å². The maximum Gasteiger partial charge on any atom is 0.243 e. The summed E-state index contributed by atoms with van der Waals surface area (Å²) in [6.45, 7) is 3.48. The fourth-order valence-electron chi connectivity index (χ4n) is 5.05. The molecule has 5 rings (SSSR count). The van der Waals surface area contributed by atoms with Gasteiger partial charge in [-0.25, -0.2) is 12.8 Å². The Balaban J connectivity index is 1.57.